The van der Waals surface area contributed by atoms with E-state index in [1.54, 1.807) is 6.07 Å². The van der Waals surface area contributed by atoms with Gasteiger partial charge < -0.3 is 10.1 Å². The quantitative estimate of drug-likeness (QED) is 0.737. The van der Waals surface area contributed by atoms with Gasteiger partial charge in [0.15, 0.2) is 0 Å². The van der Waals surface area contributed by atoms with Gasteiger partial charge in [0, 0.05) is 12.6 Å². The molecule has 2 nitrogen and oxygen atoms in total. The summed E-state index contributed by atoms with van der Waals surface area (Å²) in [5.74, 6) is 0.287. The van der Waals surface area contributed by atoms with E-state index >= 15 is 0 Å². The fourth-order valence-corrected chi connectivity index (χ4v) is 2.98. The van der Waals surface area contributed by atoms with Crippen LogP contribution in [0.4, 0.5) is 4.39 Å². The van der Waals surface area contributed by atoms with Crippen LogP contribution in [-0.2, 0) is 11.2 Å². The van der Waals surface area contributed by atoms with Crippen molar-refractivity contribution in [3.8, 4) is 0 Å². The molecule has 0 spiro atoms. The van der Waals surface area contributed by atoms with E-state index in [4.69, 9.17) is 16.3 Å². The third-order valence-electron chi connectivity index (χ3n) is 3.97. The summed E-state index contributed by atoms with van der Waals surface area (Å²) in [5, 5.41) is 3.81. The maximum Gasteiger partial charge on any atom is 0.142 e. The van der Waals surface area contributed by atoms with Crippen LogP contribution in [-0.4, -0.2) is 25.3 Å². The predicted molar refractivity (Wildman–Crippen MR) is 85.3 cm³/mol. The minimum absolute atomic E-state index is 0.191. The summed E-state index contributed by atoms with van der Waals surface area (Å²) < 4.78 is 19.6. The van der Waals surface area contributed by atoms with Crippen molar-refractivity contribution >= 4 is 11.6 Å². The minimum Gasteiger partial charge on any atom is -0.377 e. The second kappa shape index (κ2) is 8.11. The molecule has 0 heterocycles. The van der Waals surface area contributed by atoms with Crippen LogP contribution in [0.2, 0.25) is 5.02 Å². The molecule has 1 aromatic rings. The summed E-state index contributed by atoms with van der Waals surface area (Å²) in [6, 6.07) is 5.22. The van der Waals surface area contributed by atoms with Gasteiger partial charge in [0.05, 0.1) is 11.1 Å². The van der Waals surface area contributed by atoms with E-state index in [0.29, 0.717) is 18.9 Å². The zero-order chi connectivity index (χ0) is 15.2. The molecule has 1 aliphatic rings. The molecule has 1 aromatic carbocycles. The maximum absolute atomic E-state index is 13.6. The molecule has 0 aliphatic heterocycles. The van der Waals surface area contributed by atoms with Gasteiger partial charge in [-0.15, -0.1) is 0 Å². The van der Waals surface area contributed by atoms with Crippen molar-refractivity contribution < 1.29 is 9.13 Å². The molecule has 2 unspecified atom stereocenters. The highest BCUT2D eigenvalue weighted by molar-refractivity contribution is 6.31. The SMILES string of the molecule is CCCNC(Cc1cccc(F)c1Cl)C(OCC)C1CC1. The fourth-order valence-electron chi connectivity index (χ4n) is 2.78. The van der Waals surface area contributed by atoms with E-state index in [-0.39, 0.29) is 23.0 Å². The number of halogens is 2. The van der Waals surface area contributed by atoms with Gasteiger partial charge in [0.25, 0.3) is 0 Å². The van der Waals surface area contributed by atoms with Gasteiger partial charge >= 0.3 is 0 Å². The third-order valence-corrected chi connectivity index (χ3v) is 4.39. The standard InChI is InChI=1S/C17H25ClFNO/c1-3-10-20-15(17(21-4-2)12-8-9-12)11-13-6-5-7-14(19)16(13)18/h5-7,12,15,17,20H,3-4,8-11H2,1-2H3. The second-order valence-corrected chi connectivity index (χ2v) is 6.11. The Bertz CT molecular complexity index is 450. The highest BCUT2D eigenvalue weighted by Crippen LogP contribution is 2.37. The lowest BCUT2D eigenvalue weighted by molar-refractivity contribution is 0.0192. The number of hydrogen-bond donors (Lipinski definition) is 1. The van der Waals surface area contributed by atoms with Crippen molar-refractivity contribution in [3.63, 3.8) is 0 Å². The summed E-state index contributed by atoms with van der Waals surface area (Å²) in [4.78, 5) is 0. The van der Waals surface area contributed by atoms with Gasteiger partial charge in [-0.1, -0.05) is 30.7 Å². The molecule has 1 fully saturated rings. The molecule has 118 valence electrons. The molecule has 0 aromatic heterocycles. The average Bonchev–Trinajstić information content (AvgIpc) is 3.30. The molecule has 1 aliphatic carbocycles. The number of nitrogens with one attached hydrogen (secondary N) is 1. The van der Waals surface area contributed by atoms with Crippen LogP contribution in [0, 0.1) is 11.7 Å². The first-order valence-corrected chi connectivity index (χ1v) is 8.33. The highest BCUT2D eigenvalue weighted by atomic mass is 35.5. The van der Waals surface area contributed by atoms with E-state index in [0.717, 1.165) is 18.5 Å². The van der Waals surface area contributed by atoms with E-state index < -0.39 is 0 Å². The lowest BCUT2D eigenvalue weighted by Crippen LogP contribution is -2.44. The van der Waals surface area contributed by atoms with Gasteiger partial charge in [-0.25, -0.2) is 4.39 Å². The monoisotopic (exact) mass is 313 g/mol. The minimum atomic E-state index is -0.345. The molecule has 2 rings (SSSR count). The van der Waals surface area contributed by atoms with Crippen LogP contribution >= 0.6 is 11.6 Å². The van der Waals surface area contributed by atoms with Crippen LogP contribution in [0.5, 0.6) is 0 Å². The topological polar surface area (TPSA) is 21.3 Å². The van der Waals surface area contributed by atoms with Crippen molar-refractivity contribution in [3.05, 3.63) is 34.6 Å². The zero-order valence-corrected chi connectivity index (χ0v) is 13.6. The van der Waals surface area contributed by atoms with Crippen molar-refractivity contribution in [2.24, 2.45) is 5.92 Å². The molecule has 0 bridgehead atoms. The van der Waals surface area contributed by atoms with Crippen LogP contribution < -0.4 is 5.32 Å². The van der Waals surface area contributed by atoms with Crippen molar-refractivity contribution in [2.45, 2.75) is 51.7 Å². The smallest absolute Gasteiger partial charge is 0.142 e. The molecule has 2 atom stereocenters. The van der Waals surface area contributed by atoms with Gasteiger partial charge in [-0.3, -0.25) is 0 Å². The summed E-state index contributed by atoms with van der Waals surface area (Å²) >= 11 is 6.10. The molecule has 21 heavy (non-hydrogen) atoms. The highest BCUT2D eigenvalue weighted by Gasteiger charge is 2.37. The van der Waals surface area contributed by atoms with Gasteiger partial charge in [0.1, 0.15) is 5.82 Å². The number of rotatable bonds is 9. The average molecular weight is 314 g/mol. The molecule has 4 heteroatoms. The first kappa shape index (κ1) is 16.7. The molecule has 0 radical (unpaired) electrons. The van der Waals surface area contributed by atoms with Crippen LogP contribution in [0.15, 0.2) is 18.2 Å². The Morgan fingerprint density at radius 3 is 2.76 bits per heavy atom. The Morgan fingerprint density at radius 2 is 2.14 bits per heavy atom. The second-order valence-electron chi connectivity index (χ2n) is 5.74. The Kier molecular flexibility index (Phi) is 6.46. The van der Waals surface area contributed by atoms with Crippen molar-refractivity contribution in [2.75, 3.05) is 13.2 Å². The zero-order valence-electron chi connectivity index (χ0n) is 12.9. The number of benzene rings is 1. The van der Waals surface area contributed by atoms with E-state index in [2.05, 4.69) is 12.2 Å². The fraction of sp³-hybridized carbons (Fsp3) is 0.647. The van der Waals surface area contributed by atoms with Gasteiger partial charge in [-0.2, -0.15) is 0 Å². The summed E-state index contributed by atoms with van der Waals surface area (Å²) in [5.41, 5.74) is 0.857. The van der Waals surface area contributed by atoms with Crippen LogP contribution in [0.25, 0.3) is 0 Å². The number of ether oxygens (including phenoxy) is 1. The summed E-state index contributed by atoms with van der Waals surface area (Å²) in [6.07, 6.45) is 4.42. The molecule has 1 saturated carbocycles. The van der Waals surface area contributed by atoms with Crippen molar-refractivity contribution in [1.29, 1.82) is 0 Å². The Hall–Kier alpha value is -0.640. The lowest BCUT2D eigenvalue weighted by atomic mass is 9.97. The molecular weight excluding hydrogens is 289 g/mol. The Balaban J connectivity index is 2.12. The largest absolute Gasteiger partial charge is 0.377 e. The molecule has 0 saturated heterocycles. The Labute approximate surface area is 132 Å². The maximum atomic E-state index is 13.6. The van der Waals surface area contributed by atoms with E-state index in [1.165, 1.54) is 18.9 Å². The van der Waals surface area contributed by atoms with E-state index in [1.807, 2.05) is 13.0 Å². The van der Waals surface area contributed by atoms with E-state index in [9.17, 15) is 4.39 Å². The van der Waals surface area contributed by atoms with Gasteiger partial charge in [0.2, 0.25) is 0 Å². The van der Waals surface area contributed by atoms with Crippen LogP contribution in [0.1, 0.15) is 38.7 Å². The molecular formula is C17H25ClFNO. The normalized spacial score (nSPS) is 17.7. The summed E-state index contributed by atoms with van der Waals surface area (Å²) in [6.45, 7) is 5.82. The van der Waals surface area contributed by atoms with Crippen molar-refractivity contribution in [1.82, 2.24) is 5.32 Å². The predicted octanol–water partition coefficient (Wildman–Crippen LogP) is 4.20. The lowest BCUT2D eigenvalue weighted by Gasteiger charge is -2.28. The number of hydrogen-bond acceptors (Lipinski definition) is 2. The first-order valence-electron chi connectivity index (χ1n) is 7.95. The first-order chi connectivity index (χ1) is 10.2. The van der Waals surface area contributed by atoms with Gasteiger partial charge in [-0.05, 0) is 56.7 Å². The molecule has 0 amide bonds. The third kappa shape index (κ3) is 4.67. The summed E-state index contributed by atoms with van der Waals surface area (Å²) in [7, 11) is 0. The molecule has 1 N–H and O–H groups in total. The van der Waals surface area contributed by atoms with Crippen LogP contribution in [0.3, 0.4) is 0 Å². The Morgan fingerprint density at radius 1 is 1.38 bits per heavy atom.